The highest BCUT2D eigenvalue weighted by molar-refractivity contribution is 7.95. The number of rotatable bonds is 5. The number of nitrogens with zero attached hydrogens (tertiary/aromatic N) is 1. The van der Waals surface area contributed by atoms with Crippen LogP contribution in [0.2, 0.25) is 0 Å². The highest BCUT2D eigenvalue weighted by Crippen LogP contribution is 2.25. The van der Waals surface area contributed by atoms with Gasteiger partial charge in [-0.15, -0.1) is 0 Å². The summed E-state index contributed by atoms with van der Waals surface area (Å²) in [6, 6.07) is 8.19. The van der Waals surface area contributed by atoms with Crippen LogP contribution in [0.5, 0.6) is 0 Å². The van der Waals surface area contributed by atoms with Gasteiger partial charge in [0, 0.05) is 16.5 Å². The molecule has 1 fully saturated rings. The van der Waals surface area contributed by atoms with Crippen molar-refractivity contribution in [3.8, 4) is 0 Å². The summed E-state index contributed by atoms with van der Waals surface area (Å²) in [6.45, 7) is 6.23. The topological polar surface area (TPSA) is 83.9 Å². The molecule has 8 heteroatoms. The molecule has 0 unspecified atom stereocenters. The first-order chi connectivity index (χ1) is 12.0. The third-order valence-electron chi connectivity index (χ3n) is 4.50. The Kier molecular flexibility index (Phi) is 8.75. The van der Waals surface area contributed by atoms with Crippen molar-refractivity contribution in [3.63, 3.8) is 0 Å². The van der Waals surface area contributed by atoms with Crippen LogP contribution in [0, 0.1) is 0 Å². The molecule has 1 N–H and O–H groups in total. The number of carbonyl (C=O) groups is 1. The van der Waals surface area contributed by atoms with Gasteiger partial charge in [-0.25, -0.2) is 0 Å². The number of hydrogen-bond acceptors (Lipinski definition) is 5. The van der Waals surface area contributed by atoms with E-state index < -0.39 is 10.4 Å². The van der Waals surface area contributed by atoms with Crippen molar-refractivity contribution in [1.29, 1.82) is 0 Å². The molecular formula is C18H30NO5S2+. The van der Waals surface area contributed by atoms with Gasteiger partial charge in [0.25, 0.3) is 0 Å². The van der Waals surface area contributed by atoms with Gasteiger partial charge in [0.2, 0.25) is 0 Å². The van der Waals surface area contributed by atoms with Gasteiger partial charge in [-0.3, -0.25) is 18.4 Å². The van der Waals surface area contributed by atoms with Crippen LogP contribution >= 0.6 is 0 Å². The van der Waals surface area contributed by atoms with Crippen LogP contribution in [0.4, 0.5) is 0 Å². The second-order valence-corrected chi connectivity index (χ2v) is 10.2. The predicted molar refractivity (Wildman–Crippen MR) is 106 cm³/mol. The predicted octanol–water partition coefficient (Wildman–Crippen LogP) is 2.81. The maximum Gasteiger partial charge on any atom is 0.397 e. The normalized spacial score (nSPS) is 16.1. The van der Waals surface area contributed by atoms with Crippen molar-refractivity contribution >= 4 is 27.1 Å². The van der Waals surface area contributed by atoms with E-state index in [4.69, 9.17) is 4.55 Å². The lowest BCUT2D eigenvalue weighted by Crippen LogP contribution is -2.52. The van der Waals surface area contributed by atoms with Crippen molar-refractivity contribution < 1.29 is 21.9 Å². The number of ketones is 1. The summed E-state index contributed by atoms with van der Waals surface area (Å²) < 4.78 is 29.7. The van der Waals surface area contributed by atoms with Crippen molar-refractivity contribution in [2.75, 3.05) is 32.7 Å². The summed E-state index contributed by atoms with van der Waals surface area (Å²) in [5.74, 6) is 0.248. The van der Waals surface area contributed by atoms with E-state index in [-0.39, 0.29) is 22.2 Å². The Hall–Kier alpha value is -0.930. The van der Waals surface area contributed by atoms with Crippen LogP contribution in [-0.2, 0) is 25.5 Å². The fourth-order valence-electron chi connectivity index (χ4n) is 2.83. The summed E-state index contributed by atoms with van der Waals surface area (Å²) in [5, 5.41) is 0. The molecule has 26 heavy (non-hydrogen) atoms. The maximum absolute atomic E-state index is 12.8. The molecule has 0 amide bonds. The highest BCUT2D eigenvalue weighted by atomic mass is 32.3. The molecule has 0 bridgehead atoms. The average molecular weight is 405 g/mol. The fourth-order valence-corrected chi connectivity index (χ4v) is 3.51. The zero-order chi connectivity index (χ0) is 20.0. The van der Waals surface area contributed by atoms with Gasteiger partial charge in [-0.1, -0.05) is 6.42 Å². The van der Waals surface area contributed by atoms with Gasteiger partial charge < -0.3 is 0 Å². The minimum atomic E-state index is -4.16. The summed E-state index contributed by atoms with van der Waals surface area (Å²) in [5.41, 5.74) is 0.456. The summed E-state index contributed by atoms with van der Waals surface area (Å²) in [6.07, 6.45) is 8.13. The van der Waals surface area contributed by atoms with Crippen molar-refractivity contribution in [2.24, 2.45) is 0 Å². The van der Waals surface area contributed by atoms with Gasteiger partial charge in [0.05, 0.1) is 12.6 Å². The van der Waals surface area contributed by atoms with E-state index in [1.54, 1.807) is 0 Å². The van der Waals surface area contributed by atoms with E-state index >= 15 is 0 Å². The Bertz CT molecular complexity index is 678. The van der Waals surface area contributed by atoms with Gasteiger partial charge in [-0.05, 0) is 64.0 Å². The van der Waals surface area contributed by atoms with Crippen molar-refractivity contribution in [3.05, 3.63) is 29.8 Å². The van der Waals surface area contributed by atoms with Crippen LogP contribution in [0.3, 0.4) is 0 Å². The first kappa shape index (κ1) is 23.1. The van der Waals surface area contributed by atoms with Crippen LogP contribution < -0.4 is 0 Å². The smallest absolute Gasteiger partial charge is 0.292 e. The van der Waals surface area contributed by atoms with E-state index in [9.17, 15) is 13.2 Å². The lowest BCUT2D eigenvalue weighted by Gasteiger charge is -2.39. The minimum Gasteiger partial charge on any atom is -0.292 e. The molecule has 0 aliphatic carbocycles. The summed E-state index contributed by atoms with van der Waals surface area (Å²) in [7, 11) is -3.04. The van der Waals surface area contributed by atoms with E-state index in [1.165, 1.54) is 24.2 Å². The summed E-state index contributed by atoms with van der Waals surface area (Å²) in [4.78, 5) is 16.5. The monoisotopic (exact) mass is 404 g/mol. The van der Waals surface area contributed by atoms with Crippen LogP contribution in [0.1, 0.15) is 43.5 Å². The second-order valence-electron chi connectivity index (χ2n) is 6.87. The third kappa shape index (κ3) is 7.00. The lowest BCUT2D eigenvalue weighted by molar-refractivity contribution is 0.0579. The number of Topliss-reactive ketones (excluding diaryl/α,β-unsaturated/α-hetero) is 1. The highest BCUT2D eigenvalue weighted by Gasteiger charge is 2.35. The molecule has 1 aromatic carbocycles. The Morgan fingerprint density at radius 1 is 1.12 bits per heavy atom. The Morgan fingerprint density at radius 2 is 1.58 bits per heavy atom. The molecule has 148 valence electrons. The SMILES string of the molecule is COS(=O)(=O)O.C[S+](C)c1ccc(C(=O)C(C)(C)N2CCCCC2)cc1. The molecule has 2 rings (SSSR count). The lowest BCUT2D eigenvalue weighted by atomic mass is 9.89. The number of piperidine rings is 1. The van der Waals surface area contributed by atoms with E-state index in [2.05, 4.69) is 47.6 Å². The Labute approximate surface area is 160 Å². The van der Waals surface area contributed by atoms with E-state index in [0.29, 0.717) is 0 Å². The van der Waals surface area contributed by atoms with Crippen LogP contribution in [-0.4, -0.2) is 61.9 Å². The molecule has 1 heterocycles. The van der Waals surface area contributed by atoms with Crippen molar-refractivity contribution in [2.45, 2.75) is 43.5 Å². The Balaban J connectivity index is 0.000000487. The standard InChI is InChI=1S/C17H26NOS.CH4O4S/c1-17(2,18-12-6-5-7-13-18)16(19)14-8-10-15(11-9-14)20(3)4;1-5-6(2,3)4/h8-11H,5-7,12-13H2,1-4H3;1H3,(H,2,3,4)/q+1;. The van der Waals surface area contributed by atoms with E-state index in [1.807, 2.05) is 12.1 Å². The van der Waals surface area contributed by atoms with Gasteiger partial charge in [0.15, 0.2) is 10.7 Å². The van der Waals surface area contributed by atoms with E-state index in [0.717, 1.165) is 25.8 Å². The maximum atomic E-state index is 12.8. The molecule has 0 aromatic heterocycles. The van der Waals surface area contributed by atoms with Crippen molar-refractivity contribution in [1.82, 2.24) is 4.90 Å². The largest absolute Gasteiger partial charge is 0.397 e. The quantitative estimate of drug-likeness (QED) is 0.462. The Morgan fingerprint density at radius 3 is 1.96 bits per heavy atom. The van der Waals surface area contributed by atoms with Gasteiger partial charge in [0.1, 0.15) is 12.5 Å². The fraction of sp³-hybridized carbons (Fsp3) is 0.611. The first-order valence-corrected chi connectivity index (χ1v) is 11.9. The average Bonchev–Trinajstić information content (AvgIpc) is 2.61. The molecule has 1 aliphatic heterocycles. The first-order valence-electron chi connectivity index (χ1n) is 8.49. The summed E-state index contributed by atoms with van der Waals surface area (Å²) >= 11 is 0. The molecule has 0 radical (unpaired) electrons. The van der Waals surface area contributed by atoms with Crippen LogP contribution in [0.25, 0.3) is 0 Å². The number of likely N-dealkylation sites (tertiary alicyclic amines) is 1. The second kappa shape index (κ2) is 9.85. The molecular weight excluding hydrogens is 374 g/mol. The zero-order valence-electron chi connectivity index (χ0n) is 16.2. The molecule has 0 spiro atoms. The number of hydrogen-bond donors (Lipinski definition) is 1. The van der Waals surface area contributed by atoms with Gasteiger partial charge >= 0.3 is 10.4 Å². The zero-order valence-corrected chi connectivity index (χ0v) is 17.8. The molecule has 1 aliphatic rings. The molecule has 0 saturated carbocycles. The molecule has 1 aromatic rings. The third-order valence-corrected chi connectivity index (χ3v) is 6.14. The van der Waals surface area contributed by atoms with Crippen LogP contribution in [0.15, 0.2) is 29.2 Å². The number of carbonyl (C=O) groups excluding carboxylic acids is 1. The molecule has 1 saturated heterocycles. The molecule has 6 nitrogen and oxygen atoms in total. The minimum absolute atomic E-state index is 0.248. The number of benzene rings is 1. The van der Waals surface area contributed by atoms with Gasteiger partial charge in [-0.2, -0.15) is 8.42 Å². The molecule has 0 atom stereocenters.